The highest BCUT2D eigenvalue weighted by Gasteiger charge is 2.31. The summed E-state index contributed by atoms with van der Waals surface area (Å²) in [4.78, 5) is 33.1. The van der Waals surface area contributed by atoms with Gasteiger partial charge in [-0.05, 0) is 91.0 Å². The zero-order valence-corrected chi connectivity index (χ0v) is 31.9. The van der Waals surface area contributed by atoms with Crippen molar-refractivity contribution < 1.29 is 26.3 Å². The summed E-state index contributed by atoms with van der Waals surface area (Å²) in [7, 11) is 0. The first-order chi connectivity index (χ1) is 30.0. The Kier molecular flexibility index (Phi) is 9.16. The van der Waals surface area contributed by atoms with Gasteiger partial charge in [-0.2, -0.15) is 26.3 Å². The highest BCUT2D eigenvalue weighted by molar-refractivity contribution is 5.88. The number of halogens is 6. The number of hydrogen-bond donors (Lipinski definition) is 0. The van der Waals surface area contributed by atoms with E-state index in [2.05, 4.69) is 15.0 Å². The van der Waals surface area contributed by atoms with Crippen LogP contribution in [-0.4, -0.2) is 44.0 Å². The maximum Gasteiger partial charge on any atom is 0.416 e. The number of aromatic nitrogens is 9. The molecule has 10 aromatic rings. The Balaban J connectivity index is 1.25. The van der Waals surface area contributed by atoms with Crippen molar-refractivity contribution in [3.63, 3.8) is 0 Å². The molecule has 0 saturated heterocycles. The fourth-order valence-electron chi connectivity index (χ4n) is 7.33. The van der Waals surface area contributed by atoms with Crippen molar-refractivity contribution in [2.75, 3.05) is 0 Å². The molecule has 0 aliphatic heterocycles. The second kappa shape index (κ2) is 14.9. The van der Waals surface area contributed by atoms with Crippen molar-refractivity contribution in [2.24, 2.45) is 0 Å². The van der Waals surface area contributed by atoms with Crippen molar-refractivity contribution in [1.82, 2.24) is 44.0 Å². The lowest BCUT2D eigenvalue weighted by Crippen LogP contribution is -2.06. The zero-order valence-electron chi connectivity index (χ0n) is 31.9. The molecule has 302 valence electrons. The summed E-state index contributed by atoms with van der Waals surface area (Å²) < 4.78 is 85.7. The highest BCUT2D eigenvalue weighted by Crippen LogP contribution is 2.38. The van der Waals surface area contributed by atoms with Gasteiger partial charge in [0, 0.05) is 40.2 Å². The van der Waals surface area contributed by atoms with Gasteiger partial charge in [0.1, 0.15) is 11.6 Å². The molecule has 5 aromatic heterocycles. The Morgan fingerprint density at radius 1 is 0.371 bits per heavy atom. The van der Waals surface area contributed by atoms with Crippen LogP contribution in [-0.2, 0) is 12.4 Å². The van der Waals surface area contributed by atoms with E-state index in [4.69, 9.17) is 19.9 Å². The van der Waals surface area contributed by atoms with E-state index >= 15 is 0 Å². The zero-order chi connectivity index (χ0) is 42.6. The molecule has 0 atom stereocenters. The topological polar surface area (TPSA) is 100 Å². The molecule has 0 saturated carbocycles. The molecule has 0 aliphatic carbocycles. The Morgan fingerprint density at radius 3 is 1.15 bits per heavy atom. The van der Waals surface area contributed by atoms with Crippen molar-refractivity contribution in [3.05, 3.63) is 175 Å². The predicted molar refractivity (Wildman–Crippen MR) is 222 cm³/mol. The highest BCUT2D eigenvalue weighted by atomic mass is 19.4. The van der Waals surface area contributed by atoms with Gasteiger partial charge in [0.2, 0.25) is 0 Å². The van der Waals surface area contributed by atoms with Crippen LogP contribution in [0.15, 0.2) is 164 Å². The number of imidazole rings is 2. The number of fused-ring (bicyclic) bond motifs is 2. The van der Waals surface area contributed by atoms with Gasteiger partial charge in [0.25, 0.3) is 0 Å². The van der Waals surface area contributed by atoms with Gasteiger partial charge >= 0.3 is 12.4 Å². The molecule has 0 fully saturated rings. The maximum atomic E-state index is 13.6. The third-order valence-electron chi connectivity index (χ3n) is 10.2. The average molecular weight is 832 g/mol. The number of nitrogens with zero attached hydrogens (tertiary/aromatic N) is 9. The molecular weight excluding hydrogens is 805 g/mol. The van der Waals surface area contributed by atoms with Crippen LogP contribution in [0.25, 0.3) is 90.4 Å². The first-order valence-electron chi connectivity index (χ1n) is 19.0. The maximum absolute atomic E-state index is 13.6. The minimum atomic E-state index is -4.59. The monoisotopic (exact) mass is 831 g/mol. The third-order valence-corrected chi connectivity index (χ3v) is 10.2. The number of benzene rings is 5. The molecule has 62 heavy (non-hydrogen) atoms. The normalized spacial score (nSPS) is 12.0. The van der Waals surface area contributed by atoms with E-state index in [0.29, 0.717) is 39.4 Å². The molecule has 5 aromatic carbocycles. The summed E-state index contributed by atoms with van der Waals surface area (Å²) in [5.41, 5.74) is 4.84. The van der Waals surface area contributed by atoms with E-state index < -0.39 is 23.5 Å². The van der Waals surface area contributed by atoms with Crippen LogP contribution in [0.5, 0.6) is 0 Å². The van der Waals surface area contributed by atoms with Crippen molar-refractivity contribution in [2.45, 2.75) is 12.4 Å². The first kappa shape index (κ1) is 38.2. The van der Waals surface area contributed by atoms with E-state index in [1.54, 1.807) is 24.8 Å². The summed E-state index contributed by atoms with van der Waals surface area (Å²) in [6, 6.07) is 37.0. The minimum Gasteiger partial charge on any atom is -0.291 e. The molecule has 15 heteroatoms. The second-order valence-electron chi connectivity index (χ2n) is 14.2. The molecule has 0 aliphatic rings. The molecule has 10 rings (SSSR count). The summed E-state index contributed by atoms with van der Waals surface area (Å²) >= 11 is 0. The standard InChI is InChI=1S/C47H27F6N9/c48-46(49,50)33-17-13-28(14-18-33)41-58-42(29-15-19-34(20-16-29)47(51,52)53)60-43(59-41)30-23-31(44-56-37-9-1-3-11-39(37)61(44)35-7-5-21-54-26-35)25-32(24-30)45-57-38-10-2-4-12-40(38)62(45)36-8-6-22-55-27-36/h1-27H. The van der Waals surface area contributed by atoms with Crippen molar-refractivity contribution >= 4 is 22.1 Å². The van der Waals surface area contributed by atoms with Crippen LogP contribution in [0.3, 0.4) is 0 Å². The van der Waals surface area contributed by atoms with Gasteiger partial charge in [0.05, 0.1) is 57.0 Å². The van der Waals surface area contributed by atoms with E-state index in [1.165, 1.54) is 24.3 Å². The molecular formula is C47H27F6N9. The van der Waals surface area contributed by atoms with Gasteiger partial charge in [-0.15, -0.1) is 0 Å². The van der Waals surface area contributed by atoms with Crippen LogP contribution in [0.2, 0.25) is 0 Å². The summed E-state index contributed by atoms with van der Waals surface area (Å²) in [6.45, 7) is 0. The van der Waals surface area contributed by atoms with Crippen LogP contribution in [0.1, 0.15) is 11.1 Å². The fraction of sp³-hybridized carbons (Fsp3) is 0.0426. The SMILES string of the molecule is FC(F)(F)c1ccc(-c2nc(-c3ccc(C(F)(F)F)cc3)nc(-c3cc(-c4nc5ccccc5n4-c4cccnc4)cc(-c4nc5ccccc5n4-c4cccnc4)c3)n2)cc1. The van der Waals surface area contributed by atoms with Crippen LogP contribution < -0.4 is 0 Å². The van der Waals surface area contributed by atoms with Crippen molar-refractivity contribution in [3.8, 4) is 68.3 Å². The van der Waals surface area contributed by atoms with Crippen molar-refractivity contribution in [1.29, 1.82) is 0 Å². The number of alkyl halides is 6. The number of para-hydroxylation sites is 4. The fourth-order valence-corrected chi connectivity index (χ4v) is 7.33. The molecule has 5 heterocycles. The van der Waals surface area contributed by atoms with Gasteiger partial charge in [0.15, 0.2) is 17.5 Å². The van der Waals surface area contributed by atoms with E-state index in [-0.39, 0.29) is 28.6 Å². The second-order valence-corrected chi connectivity index (χ2v) is 14.2. The van der Waals surface area contributed by atoms with E-state index in [9.17, 15) is 26.3 Å². The smallest absolute Gasteiger partial charge is 0.291 e. The molecule has 0 radical (unpaired) electrons. The minimum absolute atomic E-state index is 0.00391. The largest absolute Gasteiger partial charge is 0.416 e. The molecule has 0 N–H and O–H groups in total. The Hall–Kier alpha value is -8.07. The lowest BCUT2D eigenvalue weighted by atomic mass is 10.0. The first-order valence-corrected chi connectivity index (χ1v) is 19.0. The van der Waals surface area contributed by atoms with Gasteiger partial charge < -0.3 is 0 Å². The Bertz CT molecular complexity index is 3040. The lowest BCUT2D eigenvalue weighted by Gasteiger charge is -2.15. The number of hydrogen-bond acceptors (Lipinski definition) is 7. The molecule has 0 bridgehead atoms. The van der Waals surface area contributed by atoms with Gasteiger partial charge in [-0.1, -0.05) is 48.5 Å². The molecule has 0 unspecified atom stereocenters. The quantitative estimate of drug-likeness (QED) is 0.147. The summed E-state index contributed by atoms with van der Waals surface area (Å²) in [6.07, 6.45) is -2.39. The van der Waals surface area contributed by atoms with E-state index in [0.717, 1.165) is 46.7 Å². The van der Waals surface area contributed by atoms with Crippen LogP contribution >= 0.6 is 0 Å². The Morgan fingerprint density at radius 2 is 0.758 bits per heavy atom. The number of rotatable bonds is 7. The van der Waals surface area contributed by atoms with E-state index in [1.807, 2.05) is 100 Å². The van der Waals surface area contributed by atoms with Crippen LogP contribution in [0, 0.1) is 0 Å². The number of pyridine rings is 2. The lowest BCUT2D eigenvalue weighted by molar-refractivity contribution is -0.138. The van der Waals surface area contributed by atoms with Gasteiger partial charge in [-0.3, -0.25) is 19.1 Å². The summed E-state index contributed by atoms with van der Waals surface area (Å²) in [5.74, 6) is 1.14. The Labute approximate surface area is 347 Å². The average Bonchev–Trinajstić information content (AvgIpc) is 3.89. The van der Waals surface area contributed by atoms with Crippen LogP contribution in [0.4, 0.5) is 26.3 Å². The molecule has 9 nitrogen and oxygen atoms in total. The molecule has 0 spiro atoms. The predicted octanol–water partition coefficient (Wildman–Crippen LogP) is 11.7. The third kappa shape index (κ3) is 7.08. The summed E-state index contributed by atoms with van der Waals surface area (Å²) in [5, 5.41) is 0. The molecule has 0 amide bonds. The van der Waals surface area contributed by atoms with Gasteiger partial charge in [-0.25, -0.2) is 24.9 Å².